The smallest absolute Gasteiger partial charge is 0.407 e. The summed E-state index contributed by atoms with van der Waals surface area (Å²) < 4.78 is 12.3. The van der Waals surface area contributed by atoms with E-state index < -0.39 is 20.1 Å². The second-order valence-corrected chi connectivity index (χ2v) is 16.1. The fourth-order valence-corrected chi connectivity index (χ4v) is 8.51. The number of carbonyl (C=O) groups excluding carboxylic acids is 2. The van der Waals surface area contributed by atoms with Crippen molar-refractivity contribution in [3.63, 3.8) is 0 Å². The van der Waals surface area contributed by atoms with Crippen LogP contribution in [0.3, 0.4) is 0 Å². The molecule has 2 atom stereocenters. The number of rotatable bonds is 13. The van der Waals surface area contributed by atoms with Crippen molar-refractivity contribution in [3.05, 3.63) is 112 Å². The first-order valence-electron chi connectivity index (χ1n) is 16.2. The molecule has 1 aromatic heterocycles. The van der Waals surface area contributed by atoms with E-state index in [1.165, 1.54) is 46.0 Å². The van der Waals surface area contributed by atoms with Crippen LogP contribution in [0.1, 0.15) is 50.7 Å². The standard InChI is InChI=1S/C36H42N5O6SSi/c1-25(2)39(21-20-37-35(43)46-23-26-16-18-27(19-17-26)41(44)45)32(42)31-24-48-34(38-31)40-22-30(36(3,4)5)33(40)47-49(28-12-8-6-9-13-28)29-14-10-7-11-15-29/h6-19,24-25,30,33H,20-23H2,1-5H3,(H,37,43). The van der Waals surface area contributed by atoms with Crippen molar-refractivity contribution in [2.24, 2.45) is 11.3 Å². The van der Waals surface area contributed by atoms with Gasteiger partial charge in [-0.3, -0.25) is 14.9 Å². The van der Waals surface area contributed by atoms with Gasteiger partial charge in [-0.25, -0.2) is 9.78 Å². The molecule has 1 radical (unpaired) electrons. The predicted molar refractivity (Wildman–Crippen MR) is 193 cm³/mol. The number of anilines is 1. The van der Waals surface area contributed by atoms with Gasteiger partial charge in [0.25, 0.3) is 20.6 Å². The Kier molecular flexibility index (Phi) is 11.5. The summed E-state index contributed by atoms with van der Waals surface area (Å²) in [6.45, 7) is 11.7. The molecule has 0 bridgehead atoms. The summed E-state index contributed by atoms with van der Waals surface area (Å²) in [6, 6.07) is 26.4. The van der Waals surface area contributed by atoms with Gasteiger partial charge in [0.15, 0.2) is 5.13 Å². The van der Waals surface area contributed by atoms with Gasteiger partial charge < -0.3 is 24.3 Å². The summed E-state index contributed by atoms with van der Waals surface area (Å²) >= 11 is 1.43. The average molecular weight is 701 g/mol. The Morgan fingerprint density at radius 2 is 1.65 bits per heavy atom. The number of non-ortho nitro benzene ring substituents is 1. The predicted octanol–water partition coefficient (Wildman–Crippen LogP) is 5.46. The SMILES string of the molecule is CC(C)N(CCNC(=O)OCc1ccc([N+](=O)[O-])cc1)C(=O)c1csc(N2CC(C(C)(C)C)C2O[Si](c2ccccc2)c2ccccc2)n1. The number of alkyl carbamates (subject to hydrolysis) is 1. The van der Waals surface area contributed by atoms with Crippen molar-refractivity contribution in [2.45, 2.75) is 53.5 Å². The molecule has 4 aromatic rings. The van der Waals surface area contributed by atoms with Crippen molar-refractivity contribution in [3.8, 4) is 0 Å². The van der Waals surface area contributed by atoms with Gasteiger partial charge in [0.2, 0.25) is 0 Å². The monoisotopic (exact) mass is 700 g/mol. The van der Waals surface area contributed by atoms with Gasteiger partial charge >= 0.3 is 6.09 Å². The molecule has 2 amide bonds. The molecule has 1 fully saturated rings. The molecule has 0 aliphatic carbocycles. The highest BCUT2D eigenvalue weighted by Gasteiger charge is 2.49. The highest BCUT2D eigenvalue weighted by atomic mass is 32.1. The number of carbonyl (C=O) groups is 2. The minimum absolute atomic E-state index is 0.00185. The van der Waals surface area contributed by atoms with Gasteiger partial charge in [-0.15, -0.1) is 11.3 Å². The van der Waals surface area contributed by atoms with E-state index in [2.05, 4.69) is 55.3 Å². The van der Waals surface area contributed by atoms with Crippen LogP contribution >= 0.6 is 11.3 Å². The van der Waals surface area contributed by atoms with E-state index in [1.807, 2.05) is 50.2 Å². The molecule has 257 valence electrons. The Morgan fingerprint density at radius 3 is 2.20 bits per heavy atom. The lowest BCUT2D eigenvalue weighted by atomic mass is 9.74. The van der Waals surface area contributed by atoms with Gasteiger partial charge in [0.05, 0.1) is 4.92 Å². The molecule has 1 N–H and O–H groups in total. The number of hydrogen-bond donors (Lipinski definition) is 1. The van der Waals surface area contributed by atoms with Crippen molar-refractivity contribution in [1.29, 1.82) is 0 Å². The van der Waals surface area contributed by atoms with E-state index in [4.69, 9.17) is 14.1 Å². The molecule has 1 aliphatic rings. The fraction of sp³-hybridized carbons (Fsp3) is 0.361. The van der Waals surface area contributed by atoms with Gasteiger partial charge in [0, 0.05) is 49.1 Å². The lowest BCUT2D eigenvalue weighted by molar-refractivity contribution is -0.384. The normalized spacial score (nSPS) is 15.9. The number of aromatic nitrogens is 1. The highest BCUT2D eigenvalue weighted by molar-refractivity contribution is 7.14. The summed E-state index contributed by atoms with van der Waals surface area (Å²) in [7, 11) is -1.58. The van der Waals surface area contributed by atoms with Crippen molar-refractivity contribution >= 4 is 53.6 Å². The minimum Gasteiger partial charge on any atom is -0.445 e. The molecule has 0 saturated carbocycles. The van der Waals surface area contributed by atoms with E-state index in [0.29, 0.717) is 11.3 Å². The van der Waals surface area contributed by atoms with Crippen LogP contribution in [0.5, 0.6) is 0 Å². The van der Waals surface area contributed by atoms with E-state index in [9.17, 15) is 19.7 Å². The second-order valence-electron chi connectivity index (χ2n) is 13.2. The lowest BCUT2D eigenvalue weighted by Crippen LogP contribution is -2.65. The van der Waals surface area contributed by atoms with Crippen molar-refractivity contribution < 1.29 is 23.7 Å². The molecule has 1 aliphatic heterocycles. The average Bonchev–Trinajstić information content (AvgIpc) is 3.55. The fourth-order valence-electron chi connectivity index (χ4n) is 5.55. The van der Waals surface area contributed by atoms with Crippen LogP contribution in [-0.2, 0) is 15.8 Å². The number of ether oxygens (including phenoxy) is 1. The summed E-state index contributed by atoms with van der Waals surface area (Å²) in [6.07, 6.45) is -0.847. The molecule has 11 nitrogen and oxygen atoms in total. The molecule has 3 aromatic carbocycles. The number of benzene rings is 3. The number of nitrogens with one attached hydrogen (secondary N) is 1. The van der Waals surface area contributed by atoms with Crippen LogP contribution in [0.25, 0.3) is 0 Å². The third-order valence-corrected chi connectivity index (χ3v) is 11.5. The number of hydrogen-bond acceptors (Lipinski definition) is 9. The molecule has 13 heteroatoms. The van der Waals surface area contributed by atoms with Crippen LogP contribution in [0, 0.1) is 21.4 Å². The number of nitrogens with zero attached hydrogens (tertiary/aromatic N) is 4. The van der Waals surface area contributed by atoms with Gasteiger partial charge in [-0.05, 0) is 47.3 Å². The number of nitro benzene ring substituents is 1. The molecule has 49 heavy (non-hydrogen) atoms. The van der Waals surface area contributed by atoms with Gasteiger partial charge in [-0.2, -0.15) is 0 Å². The molecule has 0 spiro atoms. The molecule has 2 heterocycles. The van der Waals surface area contributed by atoms with Crippen LogP contribution in [-0.4, -0.2) is 67.8 Å². The molecule has 5 rings (SSSR count). The third-order valence-electron chi connectivity index (χ3n) is 8.45. The molecular formula is C36H42N5O6SSi. The van der Waals surface area contributed by atoms with E-state index in [1.54, 1.807) is 10.3 Å². The summed E-state index contributed by atoms with van der Waals surface area (Å²) in [4.78, 5) is 45.0. The summed E-state index contributed by atoms with van der Waals surface area (Å²) in [5.41, 5.74) is 0.943. The van der Waals surface area contributed by atoms with Crippen molar-refractivity contribution in [2.75, 3.05) is 24.5 Å². The van der Waals surface area contributed by atoms with Gasteiger partial charge in [-0.1, -0.05) is 81.4 Å². The number of nitro groups is 1. The maximum atomic E-state index is 13.7. The lowest BCUT2D eigenvalue weighted by Gasteiger charge is -2.53. The second kappa shape index (κ2) is 15.7. The van der Waals surface area contributed by atoms with Gasteiger partial charge in [0.1, 0.15) is 18.5 Å². The topological polar surface area (TPSA) is 127 Å². The highest BCUT2D eigenvalue weighted by Crippen LogP contribution is 2.43. The number of amides is 2. The van der Waals surface area contributed by atoms with Crippen LogP contribution < -0.4 is 20.6 Å². The molecule has 2 unspecified atom stereocenters. The Labute approximate surface area is 292 Å². The Bertz CT molecular complexity index is 1680. The maximum Gasteiger partial charge on any atom is 0.407 e. The maximum absolute atomic E-state index is 13.7. The van der Waals surface area contributed by atoms with E-state index in [-0.39, 0.29) is 54.9 Å². The molecular weight excluding hydrogens is 659 g/mol. The zero-order valence-electron chi connectivity index (χ0n) is 28.4. The Balaban J connectivity index is 1.23. The first kappa shape index (κ1) is 35.7. The zero-order chi connectivity index (χ0) is 35.1. The van der Waals surface area contributed by atoms with Crippen LogP contribution in [0.2, 0.25) is 0 Å². The minimum atomic E-state index is -1.58. The van der Waals surface area contributed by atoms with Crippen molar-refractivity contribution in [1.82, 2.24) is 15.2 Å². The summed E-state index contributed by atoms with van der Waals surface area (Å²) in [5.74, 6) is 0.0450. The Morgan fingerprint density at radius 1 is 1.04 bits per heavy atom. The first-order valence-corrected chi connectivity index (χ1v) is 18.5. The molecule has 1 saturated heterocycles. The summed E-state index contributed by atoms with van der Waals surface area (Å²) in [5, 5.41) is 18.4. The quantitative estimate of drug-likeness (QED) is 0.111. The largest absolute Gasteiger partial charge is 0.445 e. The van der Waals surface area contributed by atoms with E-state index in [0.717, 1.165) is 11.7 Å². The zero-order valence-corrected chi connectivity index (χ0v) is 30.2. The third kappa shape index (κ3) is 8.91. The van der Waals surface area contributed by atoms with E-state index >= 15 is 0 Å². The first-order chi connectivity index (χ1) is 23.4. The van der Waals surface area contributed by atoms with Crippen LogP contribution in [0.4, 0.5) is 15.6 Å². The van der Waals surface area contributed by atoms with Crippen LogP contribution in [0.15, 0.2) is 90.3 Å². The number of thiazole rings is 1. The Hall–Kier alpha value is -4.59.